The molecule has 15 heavy (non-hydrogen) atoms. The Morgan fingerprint density at radius 1 is 1.33 bits per heavy atom. The zero-order valence-electron chi connectivity index (χ0n) is 9.24. The summed E-state index contributed by atoms with van der Waals surface area (Å²) in [5.41, 5.74) is 7.13. The van der Waals surface area contributed by atoms with Crippen molar-refractivity contribution < 1.29 is 0 Å². The van der Waals surface area contributed by atoms with Crippen molar-refractivity contribution in [3.05, 3.63) is 34.3 Å². The summed E-state index contributed by atoms with van der Waals surface area (Å²) >= 11 is 5.52. The Morgan fingerprint density at radius 2 is 2.00 bits per heavy atom. The summed E-state index contributed by atoms with van der Waals surface area (Å²) in [6.45, 7) is 5.17. The smallest absolute Gasteiger partial charge is 0.0430 e. The van der Waals surface area contributed by atoms with Gasteiger partial charge in [0.05, 0.1) is 0 Å². The van der Waals surface area contributed by atoms with Gasteiger partial charge in [-0.05, 0) is 23.3 Å². The van der Waals surface area contributed by atoms with E-state index in [4.69, 9.17) is 5.73 Å². The van der Waals surface area contributed by atoms with Gasteiger partial charge in [-0.1, -0.05) is 48.0 Å². The first-order valence-electron chi connectivity index (χ1n) is 5.21. The molecule has 0 aliphatic carbocycles. The fourth-order valence-electron chi connectivity index (χ4n) is 1.33. The van der Waals surface area contributed by atoms with Crippen LogP contribution in [0.3, 0.4) is 0 Å². The van der Waals surface area contributed by atoms with Crippen LogP contribution in [-0.2, 0) is 0 Å². The molecule has 0 radical (unpaired) electrons. The van der Waals surface area contributed by atoms with Gasteiger partial charge in [0, 0.05) is 16.3 Å². The molecule has 0 bridgehead atoms. The third kappa shape index (κ3) is 4.17. The maximum Gasteiger partial charge on any atom is 0.0430 e. The van der Waals surface area contributed by atoms with E-state index >= 15 is 0 Å². The molecule has 1 nitrogen and oxygen atoms in total. The molecule has 0 aliphatic heterocycles. The van der Waals surface area contributed by atoms with Gasteiger partial charge in [-0.2, -0.15) is 11.8 Å². The zero-order valence-corrected chi connectivity index (χ0v) is 11.6. The van der Waals surface area contributed by atoms with Crippen LogP contribution in [0, 0.1) is 5.92 Å². The molecule has 0 aliphatic rings. The first-order valence-corrected chi connectivity index (χ1v) is 7.05. The number of thioether (sulfide) groups is 1. The third-order valence-electron chi connectivity index (χ3n) is 2.10. The summed E-state index contributed by atoms with van der Waals surface area (Å²) in [5.74, 6) is 1.87. The van der Waals surface area contributed by atoms with Crippen molar-refractivity contribution in [2.45, 2.75) is 19.1 Å². The van der Waals surface area contributed by atoms with Crippen molar-refractivity contribution in [1.82, 2.24) is 0 Å². The van der Waals surface area contributed by atoms with E-state index in [9.17, 15) is 0 Å². The largest absolute Gasteiger partial charge is 0.329 e. The van der Waals surface area contributed by atoms with Gasteiger partial charge in [0.2, 0.25) is 0 Å². The molecule has 0 saturated carbocycles. The summed E-state index contributed by atoms with van der Waals surface area (Å²) in [4.78, 5) is 0. The van der Waals surface area contributed by atoms with Gasteiger partial charge in [0.15, 0.2) is 0 Å². The lowest BCUT2D eigenvalue weighted by atomic mass is 10.1. The average Bonchev–Trinajstić information content (AvgIpc) is 2.21. The monoisotopic (exact) mass is 287 g/mol. The van der Waals surface area contributed by atoms with Crippen molar-refractivity contribution >= 4 is 27.7 Å². The van der Waals surface area contributed by atoms with Gasteiger partial charge in [-0.15, -0.1) is 0 Å². The molecule has 0 heterocycles. The minimum atomic E-state index is 0.406. The quantitative estimate of drug-likeness (QED) is 0.891. The molecule has 1 rings (SSSR count). The Bertz CT molecular complexity index is 301. The minimum Gasteiger partial charge on any atom is -0.329 e. The van der Waals surface area contributed by atoms with E-state index in [1.165, 1.54) is 5.56 Å². The Labute approximate surface area is 105 Å². The van der Waals surface area contributed by atoms with Crippen molar-refractivity contribution in [3.8, 4) is 0 Å². The Morgan fingerprint density at radius 3 is 2.53 bits per heavy atom. The summed E-state index contributed by atoms with van der Waals surface area (Å²) in [7, 11) is 0. The molecule has 84 valence electrons. The van der Waals surface area contributed by atoms with Gasteiger partial charge in [-0.25, -0.2) is 0 Å². The van der Waals surface area contributed by atoms with Crippen LogP contribution in [-0.4, -0.2) is 12.3 Å². The highest BCUT2D eigenvalue weighted by Gasteiger charge is 2.13. The SMILES string of the molecule is CC(C)CSC(CN)c1ccccc1Br. The predicted octanol–water partition coefficient (Wildman–Crippen LogP) is 3.84. The van der Waals surface area contributed by atoms with Crippen LogP contribution < -0.4 is 5.73 Å². The van der Waals surface area contributed by atoms with Crippen LogP contribution in [0.5, 0.6) is 0 Å². The third-order valence-corrected chi connectivity index (χ3v) is 4.53. The van der Waals surface area contributed by atoms with Gasteiger partial charge < -0.3 is 5.73 Å². The molecular formula is C12H18BrNS. The molecule has 0 spiro atoms. The fraction of sp³-hybridized carbons (Fsp3) is 0.500. The van der Waals surface area contributed by atoms with Gasteiger partial charge in [0.25, 0.3) is 0 Å². The van der Waals surface area contributed by atoms with Crippen LogP contribution in [0.2, 0.25) is 0 Å². The van der Waals surface area contributed by atoms with Crippen LogP contribution in [0.25, 0.3) is 0 Å². The highest BCUT2D eigenvalue weighted by atomic mass is 79.9. The minimum absolute atomic E-state index is 0.406. The number of hydrogen-bond donors (Lipinski definition) is 1. The van der Waals surface area contributed by atoms with Crippen LogP contribution in [0.15, 0.2) is 28.7 Å². The summed E-state index contributed by atoms with van der Waals surface area (Å²) in [5, 5.41) is 0.406. The van der Waals surface area contributed by atoms with Crippen molar-refractivity contribution in [3.63, 3.8) is 0 Å². The lowest BCUT2D eigenvalue weighted by Crippen LogP contribution is -2.11. The van der Waals surface area contributed by atoms with Crippen molar-refractivity contribution in [2.24, 2.45) is 11.7 Å². The molecule has 0 saturated heterocycles. The second kappa shape index (κ2) is 6.56. The predicted molar refractivity (Wildman–Crippen MR) is 73.2 cm³/mol. The fourth-order valence-corrected chi connectivity index (χ4v) is 3.18. The average molecular weight is 288 g/mol. The molecule has 1 atom stereocenters. The second-order valence-electron chi connectivity index (χ2n) is 3.97. The highest BCUT2D eigenvalue weighted by molar-refractivity contribution is 9.10. The van der Waals surface area contributed by atoms with Crippen molar-refractivity contribution in [1.29, 1.82) is 0 Å². The molecule has 1 aromatic carbocycles. The van der Waals surface area contributed by atoms with Gasteiger partial charge in [0.1, 0.15) is 0 Å². The molecule has 3 heteroatoms. The molecule has 0 aromatic heterocycles. The van der Waals surface area contributed by atoms with Crippen LogP contribution in [0.1, 0.15) is 24.7 Å². The van der Waals surface area contributed by atoms with E-state index in [1.54, 1.807) is 0 Å². The molecule has 1 aromatic rings. The van der Waals surface area contributed by atoms with E-state index in [0.717, 1.165) is 10.2 Å². The lowest BCUT2D eigenvalue weighted by Gasteiger charge is -2.17. The maximum atomic E-state index is 5.82. The number of halogens is 1. The van der Waals surface area contributed by atoms with E-state index in [-0.39, 0.29) is 0 Å². The van der Waals surface area contributed by atoms with Gasteiger partial charge in [-0.3, -0.25) is 0 Å². The molecule has 0 fully saturated rings. The summed E-state index contributed by atoms with van der Waals surface area (Å²) in [6, 6.07) is 8.33. The Hall–Kier alpha value is 0.01000. The summed E-state index contributed by atoms with van der Waals surface area (Å²) < 4.78 is 1.16. The number of benzene rings is 1. The van der Waals surface area contributed by atoms with E-state index < -0.39 is 0 Å². The lowest BCUT2D eigenvalue weighted by molar-refractivity contribution is 0.746. The van der Waals surface area contributed by atoms with Crippen LogP contribution >= 0.6 is 27.7 Å². The van der Waals surface area contributed by atoms with Gasteiger partial charge >= 0.3 is 0 Å². The normalized spacial score (nSPS) is 13.1. The van der Waals surface area contributed by atoms with E-state index in [0.29, 0.717) is 17.7 Å². The number of hydrogen-bond acceptors (Lipinski definition) is 2. The highest BCUT2D eigenvalue weighted by Crippen LogP contribution is 2.33. The molecular weight excluding hydrogens is 270 g/mol. The van der Waals surface area contributed by atoms with E-state index in [1.807, 2.05) is 17.8 Å². The number of nitrogens with two attached hydrogens (primary N) is 1. The maximum absolute atomic E-state index is 5.82. The molecule has 2 N–H and O–H groups in total. The van der Waals surface area contributed by atoms with Crippen molar-refractivity contribution in [2.75, 3.05) is 12.3 Å². The first-order chi connectivity index (χ1) is 7.15. The van der Waals surface area contributed by atoms with Crippen LogP contribution in [0.4, 0.5) is 0 Å². The molecule has 0 amide bonds. The first kappa shape index (κ1) is 13.1. The zero-order chi connectivity index (χ0) is 11.3. The second-order valence-corrected chi connectivity index (χ2v) is 6.06. The number of rotatable bonds is 5. The topological polar surface area (TPSA) is 26.0 Å². The summed E-state index contributed by atoms with van der Waals surface area (Å²) in [6.07, 6.45) is 0. The Kier molecular flexibility index (Phi) is 5.72. The molecule has 1 unspecified atom stereocenters. The standard InChI is InChI=1S/C12H18BrNS/c1-9(2)8-15-12(7-14)10-5-3-4-6-11(10)13/h3-6,9,12H,7-8,14H2,1-2H3. The van der Waals surface area contributed by atoms with E-state index in [2.05, 4.69) is 48.0 Å². The Balaban J connectivity index is 2.70.